The Bertz CT molecular complexity index is 1120. The molecule has 6 atom stereocenters. The molecule has 2 amide bonds. The Morgan fingerprint density at radius 1 is 1.21 bits per heavy atom. The summed E-state index contributed by atoms with van der Waals surface area (Å²) < 4.78 is -1.49. The highest BCUT2D eigenvalue weighted by atomic mass is 32.2. The van der Waals surface area contributed by atoms with Gasteiger partial charge in [0.05, 0.1) is 29.2 Å². The van der Waals surface area contributed by atoms with Crippen LogP contribution < -0.4 is 0 Å². The number of nitrogens with zero attached hydrogens (tertiary/aromatic N) is 2. The summed E-state index contributed by atoms with van der Waals surface area (Å²) in [5, 5.41) is 20.9. The fraction of sp³-hybridized carbons (Fsp3) is 0.633. The SMILES string of the molecule is C=CCN(C(=O)C1N([C@H](CO)c2ccccc2)C(=O)[C@@H]2[C@H](C(=O)O)[C@]3(C)CCC12S3)C(C)(C)CC(C)(C)C. The number of carbonyl (C=O) groups is 3. The zero-order chi connectivity index (χ0) is 28.3. The lowest BCUT2D eigenvalue weighted by Gasteiger charge is -2.46. The van der Waals surface area contributed by atoms with Crippen LogP contribution in [0.1, 0.15) is 72.4 Å². The van der Waals surface area contributed by atoms with E-state index in [2.05, 4.69) is 27.4 Å². The van der Waals surface area contributed by atoms with Crippen LogP contribution >= 0.6 is 11.8 Å². The average molecular weight is 543 g/mol. The van der Waals surface area contributed by atoms with Crippen LogP contribution in [0.2, 0.25) is 0 Å². The molecule has 3 fully saturated rings. The molecule has 2 bridgehead atoms. The van der Waals surface area contributed by atoms with Gasteiger partial charge in [0.1, 0.15) is 6.04 Å². The Labute approximate surface area is 230 Å². The van der Waals surface area contributed by atoms with E-state index in [0.29, 0.717) is 19.4 Å². The Morgan fingerprint density at radius 3 is 2.37 bits per heavy atom. The molecule has 1 aromatic rings. The number of carbonyl (C=O) groups excluding carboxylic acids is 2. The van der Waals surface area contributed by atoms with Crippen molar-refractivity contribution < 1.29 is 24.6 Å². The van der Waals surface area contributed by atoms with Gasteiger partial charge in [-0.25, -0.2) is 0 Å². The molecule has 0 saturated carbocycles. The molecular weight excluding hydrogens is 500 g/mol. The fourth-order valence-electron chi connectivity index (χ4n) is 7.69. The van der Waals surface area contributed by atoms with Crippen LogP contribution in [0.15, 0.2) is 43.0 Å². The van der Waals surface area contributed by atoms with Crippen LogP contribution in [-0.2, 0) is 14.4 Å². The first-order valence-electron chi connectivity index (χ1n) is 13.5. The Balaban J connectivity index is 1.89. The van der Waals surface area contributed by atoms with Crippen LogP contribution in [-0.4, -0.2) is 72.0 Å². The van der Waals surface area contributed by atoms with Gasteiger partial charge < -0.3 is 20.0 Å². The van der Waals surface area contributed by atoms with Crippen LogP contribution in [0.25, 0.3) is 0 Å². The number of rotatable bonds is 9. The molecule has 0 aliphatic carbocycles. The molecule has 1 aromatic carbocycles. The number of amides is 2. The third-order valence-corrected chi connectivity index (χ3v) is 10.7. The van der Waals surface area contributed by atoms with E-state index in [-0.39, 0.29) is 23.8 Å². The fourth-order valence-corrected chi connectivity index (χ4v) is 10.0. The van der Waals surface area contributed by atoms with Gasteiger partial charge in [-0.3, -0.25) is 14.4 Å². The lowest BCUT2D eigenvalue weighted by Crippen LogP contribution is -2.60. The molecule has 38 heavy (non-hydrogen) atoms. The zero-order valence-electron chi connectivity index (χ0n) is 23.4. The minimum absolute atomic E-state index is 0.0602. The van der Waals surface area contributed by atoms with Crippen molar-refractivity contribution in [1.29, 1.82) is 0 Å². The molecule has 4 rings (SSSR count). The topological polar surface area (TPSA) is 98.2 Å². The number of carboxylic acids is 1. The van der Waals surface area contributed by atoms with E-state index in [0.717, 1.165) is 12.0 Å². The van der Waals surface area contributed by atoms with Crippen molar-refractivity contribution in [1.82, 2.24) is 9.80 Å². The van der Waals surface area contributed by atoms with Gasteiger partial charge in [-0.2, -0.15) is 0 Å². The van der Waals surface area contributed by atoms with Crippen molar-refractivity contribution >= 4 is 29.5 Å². The summed E-state index contributed by atoms with van der Waals surface area (Å²) in [4.78, 5) is 45.1. The van der Waals surface area contributed by atoms with Crippen LogP contribution in [0.4, 0.5) is 0 Å². The number of carboxylic acid groups (broad SMARTS) is 1. The lowest BCUT2D eigenvalue weighted by atomic mass is 9.66. The predicted octanol–water partition coefficient (Wildman–Crippen LogP) is 4.52. The molecule has 2 N–H and O–H groups in total. The van der Waals surface area contributed by atoms with Gasteiger partial charge >= 0.3 is 5.97 Å². The Hall–Kier alpha value is -2.32. The average Bonchev–Trinajstić information content (AvgIpc) is 3.38. The number of hydrogen-bond acceptors (Lipinski definition) is 5. The van der Waals surface area contributed by atoms with Crippen molar-refractivity contribution in [3.63, 3.8) is 0 Å². The summed E-state index contributed by atoms with van der Waals surface area (Å²) in [5.74, 6) is -3.26. The number of aliphatic carboxylic acids is 1. The molecule has 1 spiro atoms. The van der Waals surface area contributed by atoms with E-state index < -0.39 is 44.9 Å². The van der Waals surface area contributed by atoms with Crippen molar-refractivity contribution in [2.75, 3.05) is 13.2 Å². The van der Waals surface area contributed by atoms with E-state index in [1.54, 1.807) is 11.0 Å². The number of fused-ring (bicyclic) bond motifs is 1. The summed E-state index contributed by atoms with van der Waals surface area (Å²) in [7, 11) is 0. The maximum absolute atomic E-state index is 14.8. The molecular formula is C30H42N2O5S. The number of aliphatic hydroxyl groups is 1. The van der Waals surface area contributed by atoms with Gasteiger partial charge in [-0.05, 0) is 51.0 Å². The smallest absolute Gasteiger partial charge is 0.308 e. The summed E-state index contributed by atoms with van der Waals surface area (Å²) in [6.07, 6.45) is 3.63. The Kier molecular flexibility index (Phi) is 7.32. The molecule has 0 radical (unpaired) electrons. The van der Waals surface area contributed by atoms with Crippen molar-refractivity contribution in [2.45, 2.75) is 87.9 Å². The highest BCUT2D eigenvalue weighted by Crippen LogP contribution is 2.72. The molecule has 3 aliphatic heterocycles. The first kappa shape index (κ1) is 28.7. The monoisotopic (exact) mass is 542 g/mol. The number of likely N-dealkylation sites (tertiary alicyclic amines) is 1. The second-order valence-electron chi connectivity index (χ2n) is 13.2. The summed E-state index contributed by atoms with van der Waals surface area (Å²) in [6.45, 7) is 16.3. The molecule has 208 valence electrons. The first-order chi connectivity index (χ1) is 17.6. The number of aliphatic hydroxyl groups excluding tert-OH is 1. The van der Waals surface area contributed by atoms with Gasteiger partial charge in [-0.1, -0.05) is 57.2 Å². The maximum atomic E-state index is 14.8. The molecule has 0 aromatic heterocycles. The second-order valence-corrected chi connectivity index (χ2v) is 15.1. The van der Waals surface area contributed by atoms with E-state index in [1.165, 1.54) is 11.8 Å². The van der Waals surface area contributed by atoms with E-state index in [1.807, 2.05) is 56.0 Å². The molecule has 2 unspecified atom stereocenters. The lowest BCUT2D eigenvalue weighted by molar-refractivity contribution is -0.151. The zero-order valence-corrected chi connectivity index (χ0v) is 24.3. The molecule has 7 nitrogen and oxygen atoms in total. The quantitative estimate of drug-likeness (QED) is 0.446. The first-order valence-corrected chi connectivity index (χ1v) is 14.3. The summed E-state index contributed by atoms with van der Waals surface area (Å²) >= 11 is 1.52. The van der Waals surface area contributed by atoms with Crippen molar-refractivity contribution in [2.24, 2.45) is 17.3 Å². The summed E-state index contributed by atoms with van der Waals surface area (Å²) in [5.41, 5.74) is 0.112. The number of thioether (sulfide) groups is 1. The van der Waals surface area contributed by atoms with E-state index in [9.17, 15) is 24.6 Å². The normalized spacial score (nSPS) is 31.3. The number of hydrogen-bond donors (Lipinski definition) is 2. The van der Waals surface area contributed by atoms with Crippen LogP contribution in [0.3, 0.4) is 0 Å². The molecule has 8 heteroatoms. The third-order valence-electron chi connectivity index (χ3n) is 8.68. The third kappa shape index (κ3) is 4.47. The summed E-state index contributed by atoms with van der Waals surface area (Å²) in [6, 6.07) is 7.57. The molecule has 3 aliphatic rings. The van der Waals surface area contributed by atoms with Gasteiger partial charge in [0.15, 0.2) is 0 Å². The minimum atomic E-state index is -0.996. The largest absolute Gasteiger partial charge is 0.481 e. The number of benzene rings is 1. The van der Waals surface area contributed by atoms with Crippen LogP contribution in [0.5, 0.6) is 0 Å². The van der Waals surface area contributed by atoms with E-state index >= 15 is 0 Å². The highest BCUT2D eigenvalue weighted by Gasteiger charge is 2.78. The standard InChI is InChI=1S/C30H42N2O5S/c1-8-16-31(28(5,6)18-27(2,3)4)25(35)23-30-15-14-29(7,38-30)22(26(36)37)21(30)24(34)32(23)20(17-33)19-12-10-9-11-13-19/h8-13,20-23,33H,1,14-18H2,2-7H3,(H,36,37)/t20-,21+,22-,23?,29+,30?/m1/s1. The Morgan fingerprint density at radius 2 is 1.84 bits per heavy atom. The second kappa shape index (κ2) is 9.70. The van der Waals surface area contributed by atoms with Crippen molar-refractivity contribution in [3.05, 3.63) is 48.6 Å². The van der Waals surface area contributed by atoms with Crippen molar-refractivity contribution in [3.8, 4) is 0 Å². The van der Waals surface area contributed by atoms with Gasteiger partial charge in [0, 0.05) is 16.8 Å². The van der Waals surface area contributed by atoms with Gasteiger partial charge in [0.25, 0.3) is 0 Å². The predicted molar refractivity (Wildman–Crippen MR) is 150 cm³/mol. The highest BCUT2D eigenvalue weighted by molar-refractivity contribution is 8.02. The van der Waals surface area contributed by atoms with Crippen LogP contribution in [0, 0.1) is 17.3 Å². The van der Waals surface area contributed by atoms with E-state index in [4.69, 9.17) is 0 Å². The minimum Gasteiger partial charge on any atom is -0.481 e. The van der Waals surface area contributed by atoms with Gasteiger partial charge in [0.2, 0.25) is 11.8 Å². The maximum Gasteiger partial charge on any atom is 0.308 e. The molecule has 3 saturated heterocycles. The van der Waals surface area contributed by atoms with Gasteiger partial charge in [-0.15, -0.1) is 18.3 Å². The molecule has 3 heterocycles.